The Balaban J connectivity index is 1.68. The van der Waals surface area contributed by atoms with Crippen LogP contribution in [0, 0.1) is 0 Å². The van der Waals surface area contributed by atoms with Crippen LogP contribution in [-0.2, 0) is 24.2 Å². The molecule has 7 nitrogen and oxygen atoms in total. The maximum absolute atomic E-state index is 12.8. The first-order chi connectivity index (χ1) is 11.8. The summed E-state index contributed by atoms with van der Waals surface area (Å²) in [7, 11) is 0.107. The number of sulfone groups is 1. The van der Waals surface area contributed by atoms with Gasteiger partial charge in [-0.3, -0.25) is 9.59 Å². The third-order valence-electron chi connectivity index (χ3n) is 5.75. The van der Waals surface area contributed by atoms with Crippen LogP contribution in [-0.4, -0.2) is 79.9 Å². The van der Waals surface area contributed by atoms with E-state index in [0.29, 0.717) is 32.3 Å². The van der Waals surface area contributed by atoms with Gasteiger partial charge >= 0.3 is 0 Å². The molecule has 0 bridgehead atoms. The zero-order valence-electron chi connectivity index (χ0n) is 15.0. The van der Waals surface area contributed by atoms with Crippen LogP contribution < -0.4 is 0 Å². The lowest BCUT2D eigenvalue weighted by Gasteiger charge is -2.30. The first kappa shape index (κ1) is 18.6. The highest BCUT2D eigenvalue weighted by molar-refractivity contribution is 7.92. The fraction of sp³-hybridized carbons (Fsp3) is 0.882. The number of amides is 2. The summed E-state index contributed by atoms with van der Waals surface area (Å²) in [5.74, 6) is -0.474. The van der Waals surface area contributed by atoms with Crippen molar-refractivity contribution in [1.82, 2.24) is 9.80 Å². The minimum Gasteiger partial charge on any atom is -0.376 e. The van der Waals surface area contributed by atoms with Crippen molar-refractivity contribution in [3.05, 3.63) is 0 Å². The van der Waals surface area contributed by atoms with Gasteiger partial charge in [0, 0.05) is 33.5 Å². The molecule has 2 heterocycles. The molecule has 1 unspecified atom stereocenters. The minimum atomic E-state index is -3.23. The van der Waals surface area contributed by atoms with Crippen LogP contribution in [0.5, 0.6) is 0 Å². The van der Waals surface area contributed by atoms with E-state index in [1.807, 2.05) is 0 Å². The number of hydrogen-bond donors (Lipinski definition) is 0. The van der Waals surface area contributed by atoms with Gasteiger partial charge in [0.25, 0.3) is 0 Å². The molecule has 25 heavy (non-hydrogen) atoms. The molecule has 1 aliphatic carbocycles. The van der Waals surface area contributed by atoms with Crippen LogP contribution in [0.25, 0.3) is 0 Å². The van der Waals surface area contributed by atoms with Gasteiger partial charge in [-0.1, -0.05) is 12.8 Å². The average Bonchev–Trinajstić information content (AvgIpc) is 3.27. The summed E-state index contributed by atoms with van der Waals surface area (Å²) in [4.78, 5) is 28.4. The number of likely N-dealkylation sites (tertiary alicyclic amines) is 1. The second-order valence-corrected chi connectivity index (χ2v) is 9.97. The lowest BCUT2D eigenvalue weighted by Crippen LogP contribution is -2.49. The van der Waals surface area contributed by atoms with Crippen molar-refractivity contribution >= 4 is 21.7 Å². The predicted octanol–water partition coefficient (Wildman–Crippen LogP) is 0.581. The normalized spacial score (nSPS) is 29.8. The highest BCUT2D eigenvalue weighted by Crippen LogP contribution is 2.35. The summed E-state index contributed by atoms with van der Waals surface area (Å²) in [6.07, 6.45) is 4.38. The molecule has 8 heteroatoms. The molecule has 1 saturated carbocycles. The Kier molecular flexibility index (Phi) is 5.39. The van der Waals surface area contributed by atoms with Gasteiger partial charge < -0.3 is 14.5 Å². The zero-order chi connectivity index (χ0) is 18.2. The molecule has 3 rings (SSSR count). The molecule has 3 atom stereocenters. The topological polar surface area (TPSA) is 84.0 Å². The Hall–Kier alpha value is -1.15. The number of carbonyl (C=O) groups excluding carboxylic acids is 2. The number of fused-ring (bicyclic) bond motifs is 1. The first-order valence-corrected chi connectivity index (χ1v) is 10.9. The maximum atomic E-state index is 12.8. The van der Waals surface area contributed by atoms with E-state index in [4.69, 9.17) is 4.74 Å². The number of ether oxygens (including phenoxy) is 1. The highest BCUT2D eigenvalue weighted by atomic mass is 32.2. The van der Waals surface area contributed by atoms with Crippen LogP contribution in [0.15, 0.2) is 0 Å². The van der Waals surface area contributed by atoms with Crippen LogP contribution >= 0.6 is 0 Å². The molecule has 0 aromatic carbocycles. The van der Waals surface area contributed by atoms with E-state index in [1.54, 1.807) is 19.0 Å². The van der Waals surface area contributed by atoms with Crippen LogP contribution in [0.3, 0.4) is 0 Å². The molecule has 0 N–H and O–H groups in total. The monoisotopic (exact) mass is 372 g/mol. The van der Waals surface area contributed by atoms with Crippen molar-refractivity contribution in [1.29, 1.82) is 0 Å². The molecular weight excluding hydrogens is 344 g/mol. The Morgan fingerprint density at radius 2 is 1.84 bits per heavy atom. The minimum absolute atomic E-state index is 0.0424. The molecule has 0 aromatic rings. The van der Waals surface area contributed by atoms with Gasteiger partial charge in [-0.05, 0) is 19.3 Å². The zero-order valence-corrected chi connectivity index (χ0v) is 15.8. The van der Waals surface area contributed by atoms with E-state index in [9.17, 15) is 18.0 Å². The van der Waals surface area contributed by atoms with Crippen molar-refractivity contribution in [3.63, 3.8) is 0 Å². The Morgan fingerprint density at radius 1 is 1.16 bits per heavy atom. The van der Waals surface area contributed by atoms with Crippen molar-refractivity contribution in [2.24, 2.45) is 0 Å². The molecule has 0 aromatic heterocycles. The van der Waals surface area contributed by atoms with E-state index >= 15 is 0 Å². The number of rotatable bonds is 5. The molecule has 0 radical (unpaired) electrons. The van der Waals surface area contributed by atoms with Crippen LogP contribution in [0.1, 0.15) is 44.9 Å². The third kappa shape index (κ3) is 3.69. The summed E-state index contributed by atoms with van der Waals surface area (Å²) in [6.45, 7) is 0.586. The van der Waals surface area contributed by atoms with Gasteiger partial charge in [0.1, 0.15) is 6.04 Å². The lowest BCUT2D eigenvalue weighted by molar-refractivity contribution is -0.143. The molecule has 3 fully saturated rings. The van der Waals surface area contributed by atoms with Crippen molar-refractivity contribution in [2.75, 3.05) is 26.5 Å². The van der Waals surface area contributed by atoms with Gasteiger partial charge in [0.2, 0.25) is 11.8 Å². The molecule has 142 valence electrons. The van der Waals surface area contributed by atoms with Crippen LogP contribution in [0.4, 0.5) is 0 Å². The van der Waals surface area contributed by atoms with Gasteiger partial charge in [-0.25, -0.2) is 8.42 Å². The molecule has 2 aliphatic heterocycles. The van der Waals surface area contributed by atoms with Crippen LogP contribution in [0.2, 0.25) is 0 Å². The van der Waals surface area contributed by atoms with E-state index in [2.05, 4.69) is 0 Å². The van der Waals surface area contributed by atoms with Crippen molar-refractivity contribution in [3.8, 4) is 0 Å². The van der Waals surface area contributed by atoms with E-state index in [1.165, 1.54) is 4.90 Å². The van der Waals surface area contributed by atoms with Crippen molar-refractivity contribution in [2.45, 2.75) is 68.4 Å². The number of nitrogens with zero attached hydrogens (tertiary/aromatic N) is 2. The predicted molar refractivity (Wildman–Crippen MR) is 92.7 cm³/mol. The van der Waals surface area contributed by atoms with E-state index < -0.39 is 15.9 Å². The average molecular weight is 372 g/mol. The number of carbonyl (C=O) groups is 2. The Labute approximate surface area is 149 Å². The summed E-state index contributed by atoms with van der Waals surface area (Å²) in [5.41, 5.74) is 0. The number of likely N-dealkylation sites (N-methyl/N-ethyl adjacent to an activating group) is 1. The second-order valence-electron chi connectivity index (χ2n) is 7.57. The Bertz CT molecular complexity index is 627. The third-order valence-corrected chi connectivity index (χ3v) is 8.01. The smallest absolute Gasteiger partial charge is 0.244 e. The second kappa shape index (κ2) is 7.23. The molecule has 2 saturated heterocycles. The summed E-state index contributed by atoms with van der Waals surface area (Å²) in [6, 6.07) is -0.637. The molecule has 0 spiro atoms. The van der Waals surface area contributed by atoms with E-state index in [-0.39, 0.29) is 41.4 Å². The van der Waals surface area contributed by atoms with Gasteiger partial charge in [-0.15, -0.1) is 0 Å². The summed E-state index contributed by atoms with van der Waals surface area (Å²) >= 11 is 0. The molecule has 2 amide bonds. The van der Waals surface area contributed by atoms with Gasteiger partial charge in [0.15, 0.2) is 9.84 Å². The maximum Gasteiger partial charge on any atom is 0.244 e. The SMILES string of the molecule is CN(C)C(=O)C1C[C@@H]2OCC[C@@H]2N1C(=O)CCS(=O)(=O)C1CCCC1. The standard InChI is InChI=1S/C17H28N2O5S/c1-18(2)17(21)14-11-15-13(7-9-24-15)19(14)16(20)8-10-25(22,23)12-5-3-4-6-12/h12-15H,3-11H2,1-2H3/t13-,14?,15-/m0/s1. The highest BCUT2D eigenvalue weighted by Gasteiger charge is 2.50. The van der Waals surface area contributed by atoms with Crippen molar-refractivity contribution < 1.29 is 22.7 Å². The summed E-state index contributed by atoms with van der Waals surface area (Å²) in [5, 5.41) is -0.291. The Morgan fingerprint density at radius 3 is 2.48 bits per heavy atom. The number of hydrogen-bond acceptors (Lipinski definition) is 5. The quantitative estimate of drug-likeness (QED) is 0.705. The lowest BCUT2D eigenvalue weighted by atomic mass is 10.1. The van der Waals surface area contributed by atoms with Gasteiger partial charge in [0.05, 0.1) is 23.1 Å². The first-order valence-electron chi connectivity index (χ1n) is 9.17. The fourth-order valence-corrected chi connectivity index (χ4v) is 6.24. The largest absolute Gasteiger partial charge is 0.376 e. The van der Waals surface area contributed by atoms with E-state index in [0.717, 1.165) is 12.8 Å². The summed E-state index contributed by atoms with van der Waals surface area (Å²) < 4.78 is 30.5. The molecule has 3 aliphatic rings. The van der Waals surface area contributed by atoms with Gasteiger partial charge in [-0.2, -0.15) is 0 Å². The molecular formula is C17H28N2O5S. The fourth-order valence-electron chi connectivity index (χ4n) is 4.39.